The van der Waals surface area contributed by atoms with Gasteiger partial charge in [0.25, 0.3) is 0 Å². The molecule has 0 aliphatic heterocycles. The molecule has 1 aromatic carbocycles. The fourth-order valence-electron chi connectivity index (χ4n) is 2.04. The van der Waals surface area contributed by atoms with Crippen LogP contribution >= 0.6 is 11.3 Å². The second-order valence-corrected chi connectivity index (χ2v) is 7.47. The Hall–Kier alpha value is -1.95. The Kier molecular flexibility index (Phi) is 5.04. The Labute approximate surface area is 140 Å². The van der Waals surface area contributed by atoms with Crippen LogP contribution in [0.15, 0.2) is 29.6 Å². The molecule has 0 bridgehead atoms. The van der Waals surface area contributed by atoms with Crippen LogP contribution in [0.1, 0.15) is 26.5 Å². The molecule has 0 aliphatic carbocycles. The lowest BCUT2D eigenvalue weighted by Crippen LogP contribution is -2.39. The first-order chi connectivity index (χ1) is 10.7. The molecule has 1 aromatic heterocycles. The minimum Gasteiger partial charge on any atom is -0.354 e. The highest BCUT2D eigenvalue weighted by molar-refractivity contribution is 7.13. The molecule has 0 aliphatic rings. The summed E-state index contributed by atoms with van der Waals surface area (Å²) in [5.41, 5.74) is 0.959. The monoisotopic (exact) mass is 335 g/mol. The topological polar surface area (TPSA) is 36.4 Å². The average molecular weight is 335 g/mol. The van der Waals surface area contributed by atoms with Crippen LogP contribution in [0.3, 0.4) is 0 Å². The molecule has 0 fully saturated rings. The number of thiazole rings is 1. The third-order valence-electron chi connectivity index (χ3n) is 3.27. The molecule has 0 saturated heterocycles. The van der Waals surface area contributed by atoms with E-state index < -0.39 is 5.41 Å². The Morgan fingerprint density at radius 2 is 1.83 bits per heavy atom. The number of hydrogen-bond donors (Lipinski definition) is 0. The first-order valence-corrected chi connectivity index (χ1v) is 8.25. The second kappa shape index (κ2) is 6.66. The van der Waals surface area contributed by atoms with E-state index in [0.29, 0.717) is 12.2 Å². The fraction of sp³-hybridized carbons (Fsp3) is 0.412. The third-order valence-corrected chi connectivity index (χ3v) is 4.32. The zero-order valence-corrected chi connectivity index (χ0v) is 14.9. The molecular weight excluding hydrogens is 313 g/mol. The van der Waals surface area contributed by atoms with Crippen molar-refractivity contribution in [2.24, 2.45) is 5.41 Å². The summed E-state index contributed by atoms with van der Waals surface area (Å²) in [6, 6.07) is 5.98. The summed E-state index contributed by atoms with van der Waals surface area (Å²) in [5, 5.41) is 2.84. The molecule has 1 heterocycles. The minimum absolute atomic E-state index is 0.0245. The molecule has 2 rings (SSSR count). The first-order valence-electron chi connectivity index (χ1n) is 7.38. The first kappa shape index (κ1) is 17.4. The summed E-state index contributed by atoms with van der Waals surface area (Å²) in [5.74, 6) is -0.344. The van der Waals surface area contributed by atoms with Crippen LogP contribution in [-0.2, 0) is 11.3 Å². The van der Waals surface area contributed by atoms with Crippen LogP contribution in [-0.4, -0.2) is 25.0 Å². The summed E-state index contributed by atoms with van der Waals surface area (Å²) in [4.78, 5) is 20.9. The highest BCUT2D eigenvalue weighted by Crippen LogP contribution is 2.27. The zero-order valence-electron chi connectivity index (χ0n) is 14.1. The SMILES string of the molecule is CN(C)c1nc(CN(C(=O)C(C)(C)C)c2ccc(F)cc2)cs1. The van der Waals surface area contributed by atoms with Crippen LogP contribution < -0.4 is 9.80 Å². The van der Waals surface area contributed by atoms with Gasteiger partial charge in [0.2, 0.25) is 5.91 Å². The van der Waals surface area contributed by atoms with Gasteiger partial charge in [-0.25, -0.2) is 9.37 Å². The van der Waals surface area contributed by atoms with Crippen molar-refractivity contribution in [2.45, 2.75) is 27.3 Å². The van der Waals surface area contributed by atoms with Crippen molar-refractivity contribution < 1.29 is 9.18 Å². The van der Waals surface area contributed by atoms with Gasteiger partial charge in [-0.1, -0.05) is 20.8 Å². The van der Waals surface area contributed by atoms with Gasteiger partial charge in [0, 0.05) is 30.6 Å². The van der Waals surface area contributed by atoms with Gasteiger partial charge in [-0.05, 0) is 24.3 Å². The molecule has 2 aromatic rings. The zero-order chi connectivity index (χ0) is 17.2. The van der Waals surface area contributed by atoms with E-state index in [4.69, 9.17) is 0 Å². The van der Waals surface area contributed by atoms with Crippen molar-refractivity contribution in [3.8, 4) is 0 Å². The van der Waals surface area contributed by atoms with Crippen molar-refractivity contribution in [2.75, 3.05) is 23.9 Å². The molecule has 4 nitrogen and oxygen atoms in total. The van der Waals surface area contributed by atoms with E-state index in [9.17, 15) is 9.18 Å². The van der Waals surface area contributed by atoms with Crippen molar-refractivity contribution in [3.05, 3.63) is 41.2 Å². The molecule has 23 heavy (non-hydrogen) atoms. The molecule has 6 heteroatoms. The predicted octanol–water partition coefficient (Wildman–Crippen LogP) is 3.93. The van der Waals surface area contributed by atoms with Gasteiger partial charge in [0.1, 0.15) is 5.82 Å². The van der Waals surface area contributed by atoms with E-state index in [1.54, 1.807) is 17.0 Å². The van der Waals surface area contributed by atoms with Gasteiger partial charge < -0.3 is 9.80 Å². The third kappa shape index (κ3) is 4.28. The predicted molar refractivity (Wildman–Crippen MR) is 93.5 cm³/mol. The van der Waals surface area contributed by atoms with Crippen LogP contribution in [0.2, 0.25) is 0 Å². The van der Waals surface area contributed by atoms with E-state index in [1.807, 2.05) is 45.1 Å². The maximum atomic E-state index is 13.2. The molecule has 0 unspecified atom stereocenters. The smallest absolute Gasteiger partial charge is 0.232 e. The standard InChI is InChI=1S/C17H22FN3OS/c1-17(2,3)15(22)21(14-8-6-12(18)7-9-14)10-13-11-23-16(19-13)20(4)5/h6-9,11H,10H2,1-5H3. The Morgan fingerprint density at radius 3 is 2.30 bits per heavy atom. The van der Waals surface area contributed by atoms with Gasteiger partial charge >= 0.3 is 0 Å². The van der Waals surface area contributed by atoms with Crippen molar-refractivity contribution in [3.63, 3.8) is 0 Å². The van der Waals surface area contributed by atoms with E-state index >= 15 is 0 Å². The molecule has 1 amide bonds. The molecule has 0 atom stereocenters. The summed E-state index contributed by atoms with van der Waals surface area (Å²) in [6.07, 6.45) is 0. The molecular formula is C17H22FN3OS. The van der Waals surface area contributed by atoms with Crippen LogP contribution in [0.25, 0.3) is 0 Å². The number of halogens is 1. The van der Waals surface area contributed by atoms with Crippen molar-refractivity contribution >= 4 is 28.1 Å². The van der Waals surface area contributed by atoms with Crippen LogP contribution in [0.4, 0.5) is 15.2 Å². The number of carbonyl (C=O) groups is 1. The maximum Gasteiger partial charge on any atom is 0.232 e. The van der Waals surface area contributed by atoms with E-state index in [0.717, 1.165) is 10.8 Å². The lowest BCUT2D eigenvalue weighted by molar-refractivity contribution is -0.125. The largest absolute Gasteiger partial charge is 0.354 e. The Bertz CT molecular complexity index is 674. The number of hydrogen-bond acceptors (Lipinski definition) is 4. The van der Waals surface area contributed by atoms with Gasteiger partial charge in [-0.3, -0.25) is 4.79 Å². The number of carbonyl (C=O) groups excluding carboxylic acids is 1. The summed E-state index contributed by atoms with van der Waals surface area (Å²) < 4.78 is 13.2. The lowest BCUT2D eigenvalue weighted by atomic mass is 9.94. The average Bonchev–Trinajstić information content (AvgIpc) is 2.93. The van der Waals surface area contributed by atoms with E-state index in [1.165, 1.54) is 23.5 Å². The summed E-state index contributed by atoms with van der Waals surface area (Å²) in [6.45, 7) is 5.99. The number of nitrogens with zero attached hydrogens (tertiary/aromatic N) is 3. The van der Waals surface area contributed by atoms with E-state index in [2.05, 4.69) is 4.98 Å². The lowest BCUT2D eigenvalue weighted by Gasteiger charge is -2.29. The maximum absolute atomic E-state index is 13.2. The number of rotatable bonds is 4. The van der Waals surface area contributed by atoms with Crippen LogP contribution in [0, 0.1) is 11.2 Å². The Morgan fingerprint density at radius 1 is 1.22 bits per heavy atom. The molecule has 124 valence electrons. The van der Waals surface area contributed by atoms with Gasteiger partial charge in [0.05, 0.1) is 12.2 Å². The highest BCUT2D eigenvalue weighted by Gasteiger charge is 2.29. The van der Waals surface area contributed by atoms with Gasteiger partial charge in [-0.2, -0.15) is 0 Å². The van der Waals surface area contributed by atoms with Crippen molar-refractivity contribution in [1.82, 2.24) is 4.98 Å². The minimum atomic E-state index is -0.533. The highest BCUT2D eigenvalue weighted by atomic mass is 32.1. The molecule has 0 N–H and O–H groups in total. The van der Waals surface area contributed by atoms with Crippen molar-refractivity contribution in [1.29, 1.82) is 0 Å². The fourth-order valence-corrected chi connectivity index (χ4v) is 2.79. The number of aromatic nitrogens is 1. The quantitative estimate of drug-likeness (QED) is 0.849. The second-order valence-electron chi connectivity index (χ2n) is 6.63. The number of benzene rings is 1. The Balaban J connectivity index is 2.33. The molecule has 0 radical (unpaired) electrons. The van der Waals surface area contributed by atoms with E-state index in [-0.39, 0.29) is 11.7 Å². The van der Waals surface area contributed by atoms with Gasteiger partial charge in [0.15, 0.2) is 5.13 Å². The molecule has 0 spiro atoms. The number of anilines is 2. The molecule has 0 saturated carbocycles. The summed E-state index contributed by atoms with van der Waals surface area (Å²) >= 11 is 1.53. The normalized spacial score (nSPS) is 11.4. The van der Waals surface area contributed by atoms with Crippen LogP contribution in [0.5, 0.6) is 0 Å². The number of amides is 1. The van der Waals surface area contributed by atoms with Gasteiger partial charge in [-0.15, -0.1) is 11.3 Å². The summed E-state index contributed by atoms with van der Waals surface area (Å²) in [7, 11) is 3.86.